The van der Waals surface area contributed by atoms with Gasteiger partial charge >= 0.3 is 0 Å². The average molecular weight is 336 g/mol. The fourth-order valence-electron chi connectivity index (χ4n) is 2.25. The maximum Gasteiger partial charge on any atom is 0.253 e. The second-order valence-corrected chi connectivity index (χ2v) is 5.16. The number of carbonyl (C=O) groups is 2. The molecule has 0 fully saturated rings. The van der Waals surface area contributed by atoms with E-state index in [1.807, 2.05) is 30.3 Å². The molecule has 2 amide bonds. The first-order valence-corrected chi connectivity index (χ1v) is 7.21. The Morgan fingerprint density at radius 2 is 1.71 bits per heavy atom. The van der Waals surface area contributed by atoms with Crippen molar-refractivity contribution in [3.63, 3.8) is 0 Å². The smallest absolute Gasteiger partial charge is 0.253 e. The molecule has 0 bridgehead atoms. The summed E-state index contributed by atoms with van der Waals surface area (Å²) in [5, 5.41) is 2.20. The van der Waals surface area contributed by atoms with Gasteiger partial charge in [-0.3, -0.25) is 9.59 Å². The first-order chi connectivity index (χ1) is 11.4. The van der Waals surface area contributed by atoms with Crippen molar-refractivity contribution in [3.05, 3.63) is 65.0 Å². The van der Waals surface area contributed by atoms with Gasteiger partial charge in [0.25, 0.3) is 5.91 Å². The van der Waals surface area contributed by atoms with Crippen molar-refractivity contribution in [2.75, 3.05) is 5.32 Å². The number of aryl methyl sites for hydroxylation is 1. The third-order valence-electron chi connectivity index (χ3n) is 3.39. The molecule has 0 unspecified atom stereocenters. The summed E-state index contributed by atoms with van der Waals surface area (Å²) < 4.78 is 40.1. The van der Waals surface area contributed by atoms with Crippen molar-refractivity contribution in [1.29, 1.82) is 0 Å². The Bertz CT molecular complexity index is 764. The van der Waals surface area contributed by atoms with E-state index in [0.717, 1.165) is 5.56 Å². The summed E-state index contributed by atoms with van der Waals surface area (Å²) in [5.41, 5.74) is 4.64. The molecule has 0 radical (unpaired) electrons. The Morgan fingerprint density at radius 1 is 1.04 bits per heavy atom. The summed E-state index contributed by atoms with van der Waals surface area (Å²) in [5.74, 6) is -6.91. The number of hydrogen-bond acceptors (Lipinski definition) is 2. The number of halogens is 3. The van der Waals surface area contributed by atoms with E-state index in [9.17, 15) is 22.8 Å². The van der Waals surface area contributed by atoms with E-state index in [1.165, 1.54) is 0 Å². The molecule has 126 valence electrons. The number of benzene rings is 2. The van der Waals surface area contributed by atoms with Crippen LogP contribution in [0.15, 0.2) is 36.4 Å². The molecule has 2 aromatic carbocycles. The minimum Gasteiger partial charge on any atom is -0.365 e. The molecular formula is C17H15F3N2O2. The summed E-state index contributed by atoms with van der Waals surface area (Å²) in [6, 6.07) is 9.98. The molecule has 0 saturated heterocycles. The van der Waals surface area contributed by atoms with E-state index in [0.29, 0.717) is 18.9 Å². The minimum atomic E-state index is -1.81. The van der Waals surface area contributed by atoms with Gasteiger partial charge in [0, 0.05) is 12.5 Å². The monoisotopic (exact) mass is 336 g/mol. The number of rotatable bonds is 6. The molecular weight excluding hydrogens is 321 g/mol. The Balaban J connectivity index is 2.05. The summed E-state index contributed by atoms with van der Waals surface area (Å²) in [7, 11) is 0. The molecule has 0 aliphatic carbocycles. The molecule has 2 aromatic rings. The van der Waals surface area contributed by atoms with Crippen molar-refractivity contribution < 1.29 is 22.8 Å². The van der Waals surface area contributed by atoms with Crippen LogP contribution < -0.4 is 11.1 Å². The number of primary amides is 1. The van der Waals surface area contributed by atoms with E-state index in [4.69, 9.17) is 5.73 Å². The van der Waals surface area contributed by atoms with Crippen LogP contribution in [-0.2, 0) is 11.2 Å². The Morgan fingerprint density at radius 3 is 2.33 bits per heavy atom. The Hall–Kier alpha value is -2.83. The van der Waals surface area contributed by atoms with Crippen LogP contribution in [-0.4, -0.2) is 11.8 Å². The van der Waals surface area contributed by atoms with Crippen molar-refractivity contribution >= 4 is 17.5 Å². The van der Waals surface area contributed by atoms with E-state index >= 15 is 0 Å². The van der Waals surface area contributed by atoms with Crippen LogP contribution in [0.25, 0.3) is 0 Å². The van der Waals surface area contributed by atoms with E-state index in [-0.39, 0.29) is 6.42 Å². The van der Waals surface area contributed by atoms with Crippen molar-refractivity contribution in [3.8, 4) is 0 Å². The van der Waals surface area contributed by atoms with Gasteiger partial charge < -0.3 is 11.1 Å². The van der Waals surface area contributed by atoms with Crippen LogP contribution in [0.1, 0.15) is 28.8 Å². The van der Waals surface area contributed by atoms with Crippen LogP contribution in [0, 0.1) is 17.5 Å². The zero-order chi connectivity index (χ0) is 17.7. The highest BCUT2D eigenvalue weighted by Gasteiger charge is 2.23. The topological polar surface area (TPSA) is 72.2 Å². The highest BCUT2D eigenvalue weighted by molar-refractivity contribution is 6.03. The Labute approximate surface area is 136 Å². The van der Waals surface area contributed by atoms with Crippen LogP contribution in [0.5, 0.6) is 0 Å². The van der Waals surface area contributed by atoms with Gasteiger partial charge in [-0.1, -0.05) is 30.3 Å². The molecule has 0 atom stereocenters. The molecule has 0 aromatic heterocycles. The lowest BCUT2D eigenvalue weighted by Crippen LogP contribution is -2.21. The molecule has 0 spiro atoms. The summed E-state index contributed by atoms with van der Waals surface area (Å²) in [6.07, 6.45) is 1.20. The highest BCUT2D eigenvalue weighted by atomic mass is 19.2. The van der Waals surface area contributed by atoms with Crippen molar-refractivity contribution in [2.24, 2.45) is 5.73 Å². The molecule has 7 heteroatoms. The lowest BCUT2D eigenvalue weighted by atomic mass is 10.1. The van der Waals surface area contributed by atoms with Crippen molar-refractivity contribution in [1.82, 2.24) is 0 Å². The number of hydrogen-bond donors (Lipinski definition) is 2. The van der Waals surface area contributed by atoms with Crippen LogP contribution in [0.4, 0.5) is 18.9 Å². The van der Waals surface area contributed by atoms with Gasteiger partial charge in [-0.05, 0) is 18.4 Å². The molecule has 0 saturated carbocycles. The molecule has 3 N–H and O–H groups in total. The first-order valence-electron chi connectivity index (χ1n) is 7.21. The van der Waals surface area contributed by atoms with Gasteiger partial charge in [-0.25, -0.2) is 13.2 Å². The van der Waals surface area contributed by atoms with Crippen LogP contribution >= 0.6 is 0 Å². The summed E-state index contributed by atoms with van der Waals surface area (Å²) >= 11 is 0. The fourth-order valence-corrected chi connectivity index (χ4v) is 2.25. The van der Waals surface area contributed by atoms with Gasteiger partial charge in [0.15, 0.2) is 17.5 Å². The molecule has 24 heavy (non-hydrogen) atoms. The molecule has 0 aliphatic heterocycles. The lowest BCUT2D eigenvalue weighted by molar-refractivity contribution is -0.116. The zero-order valence-electron chi connectivity index (χ0n) is 12.6. The van der Waals surface area contributed by atoms with E-state index in [2.05, 4.69) is 5.32 Å². The van der Waals surface area contributed by atoms with E-state index < -0.39 is 40.5 Å². The first kappa shape index (κ1) is 17.5. The van der Waals surface area contributed by atoms with Crippen LogP contribution in [0.2, 0.25) is 0 Å². The number of nitrogens with one attached hydrogen (secondary N) is 1. The summed E-state index contributed by atoms with van der Waals surface area (Å²) in [4.78, 5) is 23.1. The second kappa shape index (κ2) is 7.63. The van der Waals surface area contributed by atoms with Crippen molar-refractivity contribution in [2.45, 2.75) is 19.3 Å². The number of nitrogens with two attached hydrogens (primary N) is 1. The maximum absolute atomic E-state index is 13.6. The highest BCUT2D eigenvalue weighted by Crippen LogP contribution is 2.24. The lowest BCUT2D eigenvalue weighted by Gasteiger charge is -2.11. The van der Waals surface area contributed by atoms with Gasteiger partial charge in [-0.15, -0.1) is 0 Å². The molecule has 0 heterocycles. The zero-order valence-corrected chi connectivity index (χ0v) is 12.6. The predicted octanol–water partition coefficient (Wildman–Crippen LogP) is 3.16. The number of amides is 2. The normalized spacial score (nSPS) is 10.5. The maximum atomic E-state index is 13.6. The second-order valence-electron chi connectivity index (χ2n) is 5.16. The SMILES string of the molecule is NC(=O)c1c(NC(=O)CCCc2ccccc2)cc(F)c(F)c1F. The van der Waals surface area contributed by atoms with Gasteiger partial charge in [0.2, 0.25) is 5.91 Å². The van der Waals surface area contributed by atoms with Crippen LogP contribution in [0.3, 0.4) is 0 Å². The van der Waals surface area contributed by atoms with Gasteiger partial charge in [0.05, 0.1) is 5.69 Å². The largest absolute Gasteiger partial charge is 0.365 e. The average Bonchev–Trinajstić information content (AvgIpc) is 2.53. The fraction of sp³-hybridized carbons (Fsp3) is 0.176. The van der Waals surface area contributed by atoms with Gasteiger partial charge in [0.1, 0.15) is 5.56 Å². The standard InChI is InChI=1S/C17H15F3N2O2/c18-11-9-12(14(17(21)24)16(20)15(11)19)22-13(23)8-4-7-10-5-2-1-3-6-10/h1-3,5-6,9H,4,7-8H2,(H2,21,24)(H,22,23). The molecule has 4 nitrogen and oxygen atoms in total. The summed E-state index contributed by atoms with van der Waals surface area (Å²) in [6.45, 7) is 0. The van der Waals surface area contributed by atoms with Gasteiger partial charge in [-0.2, -0.15) is 0 Å². The third kappa shape index (κ3) is 4.13. The number of anilines is 1. The third-order valence-corrected chi connectivity index (χ3v) is 3.39. The number of carbonyl (C=O) groups excluding carboxylic acids is 2. The molecule has 2 rings (SSSR count). The molecule has 0 aliphatic rings. The quantitative estimate of drug-likeness (QED) is 0.795. The minimum absolute atomic E-state index is 0.0632. The predicted molar refractivity (Wildman–Crippen MR) is 82.8 cm³/mol. The Kier molecular flexibility index (Phi) is 5.57. The van der Waals surface area contributed by atoms with E-state index in [1.54, 1.807) is 0 Å².